The minimum atomic E-state index is -0.195. The van der Waals surface area contributed by atoms with E-state index in [4.69, 9.17) is 0 Å². The zero-order chi connectivity index (χ0) is 21.2. The van der Waals surface area contributed by atoms with Gasteiger partial charge in [-0.3, -0.25) is 9.59 Å². The minimum absolute atomic E-state index is 0.0550. The Morgan fingerprint density at radius 2 is 1.52 bits per heavy atom. The maximum atomic E-state index is 13.0. The van der Waals surface area contributed by atoms with E-state index in [0.29, 0.717) is 5.91 Å². The molecular weight excluding hydrogens is 362 g/mol. The molecule has 0 unspecified atom stereocenters. The van der Waals surface area contributed by atoms with E-state index in [1.807, 2.05) is 25.7 Å². The molecule has 160 valence electrons. The van der Waals surface area contributed by atoms with Gasteiger partial charge >= 0.3 is 0 Å². The summed E-state index contributed by atoms with van der Waals surface area (Å²) < 4.78 is 0. The molecular formula is C24H37N3O2. The number of nitrogens with zero attached hydrogens (tertiary/aromatic N) is 2. The van der Waals surface area contributed by atoms with E-state index >= 15 is 0 Å². The van der Waals surface area contributed by atoms with Crippen molar-refractivity contribution in [3.8, 4) is 0 Å². The van der Waals surface area contributed by atoms with Crippen molar-refractivity contribution in [2.75, 3.05) is 31.1 Å². The van der Waals surface area contributed by atoms with Crippen LogP contribution in [0.15, 0.2) is 18.2 Å². The van der Waals surface area contributed by atoms with E-state index in [-0.39, 0.29) is 23.3 Å². The molecule has 1 aliphatic heterocycles. The van der Waals surface area contributed by atoms with E-state index in [9.17, 15) is 9.59 Å². The normalized spacial score (nSPS) is 23.1. The van der Waals surface area contributed by atoms with Crippen LogP contribution in [-0.2, 0) is 9.59 Å². The third-order valence-electron chi connectivity index (χ3n) is 6.45. The second-order valence-electron chi connectivity index (χ2n) is 9.82. The van der Waals surface area contributed by atoms with Gasteiger partial charge in [0.25, 0.3) is 0 Å². The van der Waals surface area contributed by atoms with Gasteiger partial charge in [-0.25, -0.2) is 0 Å². The summed E-state index contributed by atoms with van der Waals surface area (Å²) in [5.74, 6) is 0.575. The number of hydrogen-bond donors (Lipinski definition) is 1. The van der Waals surface area contributed by atoms with E-state index in [1.54, 1.807) is 0 Å². The first kappa shape index (κ1) is 21.7. The molecule has 0 radical (unpaired) electrons. The fourth-order valence-electron chi connectivity index (χ4n) is 4.58. The summed E-state index contributed by atoms with van der Waals surface area (Å²) in [4.78, 5) is 29.9. The first-order chi connectivity index (χ1) is 13.7. The Kier molecular flexibility index (Phi) is 6.55. The van der Waals surface area contributed by atoms with Crippen molar-refractivity contribution in [1.29, 1.82) is 0 Å². The van der Waals surface area contributed by atoms with Crippen LogP contribution in [0.3, 0.4) is 0 Å². The molecule has 1 heterocycles. The van der Waals surface area contributed by atoms with Crippen LogP contribution in [0, 0.1) is 25.7 Å². The van der Waals surface area contributed by atoms with Crippen molar-refractivity contribution in [3.63, 3.8) is 0 Å². The van der Waals surface area contributed by atoms with E-state index in [1.165, 1.54) is 16.8 Å². The number of aryl methyl sites for hydroxylation is 1. The Morgan fingerprint density at radius 3 is 2.10 bits per heavy atom. The quantitative estimate of drug-likeness (QED) is 0.844. The lowest BCUT2D eigenvalue weighted by Crippen LogP contribution is -2.51. The molecule has 1 saturated heterocycles. The lowest BCUT2D eigenvalue weighted by molar-refractivity contribution is -0.138. The summed E-state index contributed by atoms with van der Waals surface area (Å²) in [6.45, 7) is 13.7. The zero-order valence-corrected chi connectivity index (χ0v) is 18.8. The van der Waals surface area contributed by atoms with Crippen molar-refractivity contribution < 1.29 is 9.59 Å². The van der Waals surface area contributed by atoms with Crippen LogP contribution in [-0.4, -0.2) is 48.4 Å². The summed E-state index contributed by atoms with van der Waals surface area (Å²) in [5, 5.41) is 3.09. The van der Waals surface area contributed by atoms with Gasteiger partial charge in [-0.05, 0) is 77.5 Å². The van der Waals surface area contributed by atoms with E-state index in [0.717, 1.165) is 51.9 Å². The fourth-order valence-corrected chi connectivity index (χ4v) is 4.58. The number of carbonyl (C=O) groups is 2. The third-order valence-corrected chi connectivity index (χ3v) is 6.45. The van der Waals surface area contributed by atoms with Gasteiger partial charge in [-0.1, -0.05) is 12.1 Å². The molecule has 1 aromatic rings. The molecule has 5 nitrogen and oxygen atoms in total. The molecule has 0 aromatic heterocycles. The molecule has 1 aliphatic carbocycles. The summed E-state index contributed by atoms with van der Waals surface area (Å²) in [5.41, 5.74) is 3.74. The molecule has 2 fully saturated rings. The van der Waals surface area contributed by atoms with Crippen molar-refractivity contribution in [1.82, 2.24) is 10.2 Å². The van der Waals surface area contributed by atoms with Crippen LogP contribution in [0.4, 0.5) is 5.69 Å². The number of amides is 2. The highest BCUT2D eigenvalue weighted by atomic mass is 16.2. The van der Waals surface area contributed by atoms with Crippen LogP contribution < -0.4 is 10.2 Å². The molecule has 0 atom stereocenters. The second kappa shape index (κ2) is 8.76. The number of anilines is 1. The zero-order valence-electron chi connectivity index (χ0n) is 18.8. The smallest absolute Gasteiger partial charge is 0.225 e. The summed E-state index contributed by atoms with van der Waals surface area (Å²) in [7, 11) is 0. The van der Waals surface area contributed by atoms with Gasteiger partial charge < -0.3 is 15.1 Å². The molecule has 2 aliphatic rings. The number of hydrogen-bond acceptors (Lipinski definition) is 3. The number of rotatable bonds is 3. The van der Waals surface area contributed by atoms with Crippen LogP contribution >= 0.6 is 0 Å². The number of piperazine rings is 1. The Balaban J connectivity index is 1.49. The standard InChI is InChI=1S/C24H37N3O2/c1-17-7-6-8-21(18(17)2)26-13-15-27(16-14-26)23(29)20-11-9-19(10-12-20)22(28)25-24(3,4)5/h6-8,19-20H,9-16H2,1-5H3,(H,25,28). The molecule has 29 heavy (non-hydrogen) atoms. The Bertz CT molecular complexity index is 737. The van der Waals surface area contributed by atoms with Crippen LogP contribution in [0.2, 0.25) is 0 Å². The van der Waals surface area contributed by atoms with Crippen molar-refractivity contribution in [2.24, 2.45) is 11.8 Å². The van der Waals surface area contributed by atoms with Gasteiger partial charge in [0.05, 0.1) is 0 Å². The topological polar surface area (TPSA) is 52.7 Å². The average molecular weight is 400 g/mol. The highest BCUT2D eigenvalue weighted by Gasteiger charge is 2.34. The van der Waals surface area contributed by atoms with E-state index in [2.05, 4.69) is 42.3 Å². The number of nitrogens with one attached hydrogen (secondary N) is 1. The number of benzene rings is 1. The fraction of sp³-hybridized carbons (Fsp3) is 0.667. The highest BCUT2D eigenvalue weighted by Crippen LogP contribution is 2.31. The second-order valence-corrected chi connectivity index (χ2v) is 9.82. The number of carbonyl (C=O) groups excluding carboxylic acids is 2. The first-order valence-electron chi connectivity index (χ1n) is 11.1. The maximum absolute atomic E-state index is 13.0. The minimum Gasteiger partial charge on any atom is -0.368 e. The van der Waals surface area contributed by atoms with E-state index < -0.39 is 0 Å². The van der Waals surface area contributed by atoms with Gasteiger partial charge in [0.15, 0.2) is 0 Å². The Morgan fingerprint density at radius 1 is 0.931 bits per heavy atom. The Hall–Kier alpha value is -2.04. The lowest BCUT2D eigenvalue weighted by Gasteiger charge is -2.39. The van der Waals surface area contributed by atoms with Gasteiger partial charge in [-0.15, -0.1) is 0 Å². The van der Waals surface area contributed by atoms with Crippen molar-refractivity contribution in [3.05, 3.63) is 29.3 Å². The van der Waals surface area contributed by atoms with Crippen molar-refractivity contribution >= 4 is 17.5 Å². The van der Waals surface area contributed by atoms with Gasteiger partial charge in [-0.2, -0.15) is 0 Å². The summed E-state index contributed by atoms with van der Waals surface area (Å²) in [6.07, 6.45) is 3.30. The van der Waals surface area contributed by atoms with Gasteiger partial charge in [0, 0.05) is 49.2 Å². The lowest BCUT2D eigenvalue weighted by atomic mass is 9.80. The van der Waals surface area contributed by atoms with Crippen molar-refractivity contribution in [2.45, 2.75) is 65.8 Å². The SMILES string of the molecule is Cc1cccc(N2CCN(C(=O)C3CCC(C(=O)NC(C)(C)C)CC3)CC2)c1C. The van der Waals surface area contributed by atoms with Crippen LogP contribution in [0.25, 0.3) is 0 Å². The predicted molar refractivity (Wildman–Crippen MR) is 118 cm³/mol. The largest absolute Gasteiger partial charge is 0.368 e. The summed E-state index contributed by atoms with van der Waals surface area (Å²) >= 11 is 0. The maximum Gasteiger partial charge on any atom is 0.225 e. The van der Waals surface area contributed by atoms with Gasteiger partial charge in [0.2, 0.25) is 11.8 Å². The third kappa shape index (κ3) is 5.31. The molecule has 1 N–H and O–H groups in total. The molecule has 0 bridgehead atoms. The first-order valence-corrected chi connectivity index (χ1v) is 11.1. The molecule has 0 spiro atoms. The Labute approximate surface area is 175 Å². The highest BCUT2D eigenvalue weighted by molar-refractivity contribution is 5.81. The summed E-state index contributed by atoms with van der Waals surface area (Å²) in [6, 6.07) is 6.45. The molecule has 1 aromatic carbocycles. The van der Waals surface area contributed by atoms with Crippen LogP contribution in [0.5, 0.6) is 0 Å². The molecule has 5 heteroatoms. The average Bonchev–Trinajstić information content (AvgIpc) is 2.68. The molecule has 2 amide bonds. The monoisotopic (exact) mass is 399 g/mol. The molecule has 3 rings (SSSR count). The van der Waals surface area contributed by atoms with Crippen LogP contribution in [0.1, 0.15) is 57.6 Å². The predicted octanol–water partition coefficient (Wildman–Crippen LogP) is 3.67. The molecule has 1 saturated carbocycles. The van der Waals surface area contributed by atoms with Gasteiger partial charge in [0.1, 0.15) is 0 Å².